The van der Waals surface area contributed by atoms with Crippen molar-refractivity contribution in [3.63, 3.8) is 0 Å². The predicted molar refractivity (Wildman–Crippen MR) is 60.3 cm³/mol. The van der Waals surface area contributed by atoms with Crippen molar-refractivity contribution in [2.24, 2.45) is 0 Å². The first-order chi connectivity index (χ1) is 6.49. The minimum Gasteiger partial charge on any atom is -0.491 e. The summed E-state index contributed by atoms with van der Waals surface area (Å²) in [4.78, 5) is 4.22. The molecule has 0 N–H and O–H groups in total. The Morgan fingerprint density at radius 3 is 2.21 bits per heavy atom. The van der Waals surface area contributed by atoms with Crippen LogP contribution >= 0.6 is 0 Å². The Morgan fingerprint density at radius 2 is 1.79 bits per heavy atom. The molecule has 1 rings (SSSR count). The van der Waals surface area contributed by atoms with Crippen LogP contribution in [0.4, 0.5) is 0 Å². The molecule has 78 valence electrons. The van der Waals surface area contributed by atoms with Gasteiger partial charge in [-0.2, -0.15) is 0 Å². The molecule has 4 heteroatoms. The van der Waals surface area contributed by atoms with Crippen LogP contribution < -0.4 is 14.7 Å². The number of pyridine rings is 1. The lowest BCUT2D eigenvalue weighted by molar-refractivity contribution is 0.343. The highest BCUT2D eigenvalue weighted by Gasteiger charge is 2.19. The fraction of sp³-hybridized carbons (Fsp3) is 0.500. The molecule has 0 saturated carbocycles. The standard InChI is InChI=1S/C10H17NO2Si/c1-12-9-6-8(14(3,4)5)7-11-10(9)13-2/h6-7H,1-5H3. The van der Waals surface area contributed by atoms with E-state index in [4.69, 9.17) is 9.47 Å². The van der Waals surface area contributed by atoms with E-state index in [0.29, 0.717) is 11.6 Å². The SMILES string of the molecule is COc1cc([Si](C)(C)C)cnc1OC. The van der Waals surface area contributed by atoms with Crippen LogP contribution in [-0.2, 0) is 0 Å². The Hall–Kier alpha value is -1.03. The first-order valence-electron chi connectivity index (χ1n) is 4.57. The van der Waals surface area contributed by atoms with Crippen molar-refractivity contribution in [1.82, 2.24) is 4.98 Å². The monoisotopic (exact) mass is 211 g/mol. The van der Waals surface area contributed by atoms with Gasteiger partial charge in [-0.3, -0.25) is 0 Å². The van der Waals surface area contributed by atoms with Crippen LogP contribution in [0.5, 0.6) is 11.6 Å². The summed E-state index contributed by atoms with van der Waals surface area (Å²) in [6.07, 6.45) is 1.88. The average molecular weight is 211 g/mol. The molecule has 0 radical (unpaired) electrons. The average Bonchev–Trinajstić information content (AvgIpc) is 2.15. The van der Waals surface area contributed by atoms with Crippen molar-refractivity contribution >= 4 is 13.3 Å². The van der Waals surface area contributed by atoms with Crippen LogP contribution in [0, 0.1) is 0 Å². The van der Waals surface area contributed by atoms with E-state index in [9.17, 15) is 0 Å². The molecule has 0 aliphatic rings. The number of hydrogen-bond donors (Lipinski definition) is 0. The minimum absolute atomic E-state index is 0.550. The normalized spacial score (nSPS) is 11.2. The van der Waals surface area contributed by atoms with E-state index >= 15 is 0 Å². The molecule has 0 fully saturated rings. The Balaban J connectivity index is 3.14. The van der Waals surface area contributed by atoms with Gasteiger partial charge >= 0.3 is 0 Å². The van der Waals surface area contributed by atoms with Crippen LogP contribution in [0.2, 0.25) is 19.6 Å². The molecule has 1 aromatic rings. The molecule has 0 aliphatic carbocycles. The van der Waals surface area contributed by atoms with Crippen LogP contribution in [0.3, 0.4) is 0 Å². The molecule has 1 aromatic heterocycles. The zero-order chi connectivity index (χ0) is 10.8. The summed E-state index contributed by atoms with van der Waals surface area (Å²) in [6.45, 7) is 6.82. The van der Waals surface area contributed by atoms with E-state index in [2.05, 4.69) is 24.6 Å². The van der Waals surface area contributed by atoms with Gasteiger partial charge in [0, 0.05) is 6.20 Å². The number of methoxy groups -OCH3 is 2. The maximum atomic E-state index is 5.21. The van der Waals surface area contributed by atoms with Gasteiger partial charge in [0.25, 0.3) is 5.88 Å². The van der Waals surface area contributed by atoms with Crippen LogP contribution in [0.15, 0.2) is 12.3 Å². The quantitative estimate of drug-likeness (QED) is 0.712. The molecule has 0 aromatic carbocycles. The van der Waals surface area contributed by atoms with E-state index < -0.39 is 8.07 Å². The van der Waals surface area contributed by atoms with Crippen molar-refractivity contribution in [3.05, 3.63) is 12.3 Å². The molecule has 0 bridgehead atoms. The van der Waals surface area contributed by atoms with Crippen molar-refractivity contribution in [3.8, 4) is 11.6 Å². The Bertz CT molecular complexity index is 320. The molecule has 0 aliphatic heterocycles. The largest absolute Gasteiger partial charge is 0.491 e. The fourth-order valence-corrected chi connectivity index (χ4v) is 2.16. The summed E-state index contributed by atoms with van der Waals surface area (Å²) >= 11 is 0. The van der Waals surface area contributed by atoms with Gasteiger partial charge in [0.05, 0.1) is 22.3 Å². The molecule has 14 heavy (non-hydrogen) atoms. The number of rotatable bonds is 3. The Kier molecular flexibility index (Phi) is 3.16. The molecule has 0 amide bonds. The second-order valence-electron chi connectivity index (χ2n) is 4.19. The van der Waals surface area contributed by atoms with Crippen LogP contribution in [0.1, 0.15) is 0 Å². The van der Waals surface area contributed by atoms with E-state index in [-0.39, 0.29) is 0 Å². The van der Waals surface area contributed by atoms with Crippen LogP contribution in [-0.4, -0.2) is 27.3 Å². The predicted octanol–water partition coefficient (Wildman–Crippen LogP) is 1.64. The number of hydrogen-bond acceptors (Lipinski definition) is 3. The van der Waals surface area contributed by atoms with Crippen molar-refractivity contribution in [1.29, 1.82) is 0 Å². The minimum atomic E-state index is -1.31. The number of nitrogens with zero attached hydrogens (tertiary/aromatic N) is 1. The third-order valence-corrected chi connectivity index (χ3v) is 4.10. The summed E-state index contributed by atoms with van der Waals surface area (Å²) in [5.41, 5.74) is 0. The van der Waals surface area contributed by atoms with Gasteiger partial charge in [0.2, 0.25) is 0 Å². The molecule has 0 unspecified atom stereocenters. The summed E-state index contributed by atoms with van der Waals surface area (Å²) in [5.74, 6) is 1.27. The Labute approximate surface area is 86.1 Å². The molecule has 0 spiro atoms. The number of aromatic nitrogens is 1. The molecule has 0 atom stereocenters. The number of ether oxygens (including phenoxy) is 2. The van der Waals surface area contributed by atoms with E-state index in [1.165, 1.54) is 5.19 Å². The first kappa shape index (κ1) is 11.0. The van der Waals surface area contributed by atoms with Gasteiger partial charge in [-0.25, -0.2) is 4.98 Å². The highest BCUT2D eigenvalue weighted by Crippen LogP contribution is 2.22. The van der Waals surface area contributed by atoms with Gasteiger partial charge < -0.3 is 9.47 Å². The zero-order valence-corrected chi connectivity index (χ0v) is 10.4. The van der Waals surface area contributed by atoms with E-state index in [0.717, 1.165) is 0 Å². The summed E-state index contributed by atoms with van der Waals surface area (Å²) in [7, 11) is 1.91. The summed E-state index contributed by atoms with van der Waals surface area (Å²) in [6, 6.07) is 2.03. The lowest BCUT2D eigenvalue weighted by Gasteiger charge is -2.17. The maximum Gasteiger partial charge on any atom is 0.256 e. The van der Waals surface area contributed by atoms with Crippen molar-refractivity contribution in [2.45, 2.75) is 19.6 Å². The van der Waals surface area contributed by atoms with Gasteiger partial charge in [-0.15, -0.1) is 0 Å². The summed E-state index contributed by atoms with van der Waals surface area (Å²) < 4.78 is 10.3. The third-order valence-electron chi connectivity index (χ3n) is 2.10. The second kappa shape index (κ2) is 4.00. The molecule has 0 saturated heterocycles. The van der Waals surface area contributed by atoms with Crippen LogP contribution in [0.25, 0.3) is 0 Å². The van der Waals surface area contributed by atoms with E-state index in [1.54, 1.807) is 14.2 Å². The van der Waals surface area contributed by atoms with Gasteiger partial charge in [0.15, 0.2) is 5.75 Å². The Morgan fingerprint density at radius 1 is 1.14 bits per heavy atom. The summed E-state index contributed by atoms with van der Waals surface area (Å²) in [5, 5.41) is 1.27. The maximum absolute atomic E-state index is 5.21. The van der Waals surface area contributed by atoms with Crippen molar-refractivity contribution < 1.29 is 9.47 Å². The van der Waals surface area contributed by atoms with Gasteiger partial charge in [-0.05, 0) is 11.3 Å². The topological polar surface area (TPSA) is 31.4 Å². The molecule has 1 heterocycles. The van der Waals surface area contributed by atoms with Gasteiger partial charge in [0.1, 0.15) is 0 Å². The highest BCUT2D eigenvalue weighted by atomic mass is 28.3. The molecular formula is C10H17NO2Si. The smallest absolute Gasteiger partial charge is 0.256 e. The highest BCUT2D eigenvalue weighted by molar-refractivity contribution is 6.88. The third kappa shape index (κ3) is 2.26. The lowest BCUT2D eigenvalue weighted by atomic mass is 10.4. The fourth-order valence-electron chi connectivity index (χ4n) is 1.14. The first-order valence-corrected chi connectivity index (χ1v) is 8.07. The lowest BCUT2D eigenvalue weighted by Crippen LogP contribution is -2.37. The molecular weight excluding hydrogens is 194 g/mol. The molecule has 3 nitrogen and oxygen atoms in total. The van der Waals surface area contributed by atoms with Crippen molar-refractivity contribution in [2.75, 3.05) is 14.2 Å². The van der Waals surface area contributed by atoms with Gasteiger partial charge in [-0.1, -0.05) is 19.6 Å². The van der Waals surface area contributed by atoms with E-state index in [1.807, 2.05) is 12.3 Å². The second-order valence-corrected chi connectivity index (χ2v) is 9.26. The zero-order valence-electron chi connectivity index (χ0n) is 9.42.